The van der Waals surface area contributed by atoms with Crippen LogP contribution in [0.15, 0.2) is 40.9 Å². The lowest BCUT2D eigenvalue weighted by atomic mass is 10.0. The monoisotopic (exact) mass is 353 g/mol. The fraction of sp³-hybridized carbons (Fsp3) is 0.250. The van der Waals surface area contributed by atoms with E-state index >= 15 is 0 Å². The van der Waals surface area contributed by atoms with Crippen molar-refractivity contribution in [3.8, 4) is 5.75 Å². The molecule has 0 amide bonds. The Balaban J connectivity index is 2.13. The van der Waals surface area contributed by atoms with Gasteiger partial charge in [-0.3, -0.25) is 0 Å². The van der Waals surface area contributed by atoms with Crippen LogP contribution in [0.25, 0.3) is 0 Å². The molecule has 0 saturated carbocycles. The number of benzene rings is 2. The number of ether oxygens (including phenoxy) is 1. The molecule has 0 spiro atoms. The molecule has 112 valence electrons. The van der Waals surface area contributed by atoms with E-state index in [0.717, 1.165) is 10.0 Å². The van der Waals surface area contributed by atoms with Gasteiger partial charge in [-0.15, -0.1) is 0 Å². The van der Waals surface area contributed by atoms with Gasteiger partial charge in [0, 0.05) is 16.6 Å². The summed E-state index contributed by atoms with van der Waals surface area (Å²) in [6.45, 7) is 2.13. The Morgan fingerprint density at radius 1 is 1.29 bits per heavy atom. The highest BCUT2D eigenvalue weighted by Gasteiger charge is 2.14. The molecule has 1 atom stereocenters. The van der Waals surface area contributed by atoms with Gasteiger partial charge in [0.2, 0.25) is 0 Å². The van der Waals surface area contributed by atoms with E-state index in [-0.39, 0.29) is 12.4 Å². The van der Waals surface area contributed by atoms with Crippen LogP contribution in [0.1, 0.15) is 17.2 Å². The van der Waals surface area contributed by atoms with E-state index < -0.39 is 6.10 Å². The van der Waals surface area contributed by atoms with Gasteiger partial charge in [-0.25, -0.2) is 4.39 Å². The standard InChI is InChI=1S/C16H17BrFNO2/c1-10-3-6-16(21-2)12(7-10)15(20)9-19-14-8-11(17)4-5-13(14)18/h3-8,15,19-20H,9H2,1-2H3. The van der Waals surface area contributed by atoms with Crippen molar-refractivity contribution in [2.45, 2.75) is 13.0 Å². The Kier molecular flexibility index (Phi) is 5.20. The first-order valence-electron chi connectivity index (χ1n) is 6.53. The van der Waals surface area contributed by atoms with E-state index in [9.17, 15) is 9.50 Å². The summed E-state index contributed by atoms with van der Waals surface area (Å²) in [4.78, 5) is 0. The number of hydrogen-bond donors (Lipinski definition) is 2. The normalized spacial score (nSPS) is 12.0. The third kappa shape index (κ3) is 3.95. The molecule has 0 aliphatic rings. The predicted octanol–water partition coefficient (Wildman–Crippen LogP) is 4.05. The highest BCUT2D eigenvalue weighted by molar-refractivity contribution is 9.10. The minimum absolute atomic E-state index is 0.188. The fourth-order valence-corrected chi connectivity index (χ4v) is 2.42. The van der Waals surface area contributed by atoms with Crippen molar-refractivity contribution in [2.75, 3.05) is 19.0 Å². The molecule has 0 aromatic heterocycles. The van der Waals surface area contributed by atoms with Crippen LogP contribution in [0.3, 0.4) is 0 Å². The predicted molar refractivity (Wildman–Crippen MR) is 85.3 cm³/mol. The van der Waals surface area contributed by atoms with Gasteiger partial charge in [0.25, 0.3) is 0 Å². The average molecular weight is 354 g/mol. The van der Waals surface area contributed by atoms with Gasteiger partial charge < -0.3 is 15.2 Å². The van der Waals surface area contributed by atoms with Crippen LogP contribution in [-0.2, 0) is 0 Å². The largest absolute Gasteiger partial charge is 0.496 e. The van der Waals surface area contributed by atoms with E-state index in [1.165, 1.54) is 6.07 Å². The van der Waals surface area contributed by atoms with E-state index in [1.54, 1.807) is 19.2 Å². The molecule has 21 heavy (non-hydrogen) atoms. The highest BCUT2D eigenvalue weighted by atomic mass is 79.9. The number of methoxy groups -OCH3 is 1. The molecule has 0 saturated heterocycles. The minimum Gasteiger partial charge on any atom is -0.496 e. The van der Waals surface area contributed by atoms with E-state index in [1.807, 2.05) is 25.1 Å². The molecule has 3 nitrogen and oxygen atoms in total. The summed E-state index contributed by atoms with van der Waals surface area (Å²) in [6, 6.07) is 10.2. The second-order valence-corrected chi connectivity index (χ2v) is 5.68. The lowest BCUT2D eigenvalue weighted by molar-refractivity contribution is 0.186. The van der Waals surface area contributed by atoms with Crippen LogP contribution in [-0.4, -0.2) is 18.8 Å². The van der Waals surface area contributed by atoms with E-state index in [0.29, 0.717) is 17.0 Å². The maximum absolute atomic E-state index is 13.6. The van der Waals surface area contributed by atoms with Crippen molar-refractivity contribution in [3.63, 3.8) is 0 Å². The summed E-state index contributed by atoms with van der Waals surface area (Å²) >= 11 is 3.29. The van der Waals surface area contributed by atoms with E-state index in [4.69, 9.17) is 4.74 Å². The molecular formula is C16H17BrFNO2. The molecule has 2 aromatic carbocycles. The SMILES string of the molecule is COc1ccc(C)cc1C(O)CNc1cc(Br)ccc1F. The average Bonchev–Trinajstić information content (AvgIpc) is 2.47. The smallest absolute Gasteiger partial charge is 0.146 e. The zero-order valence-electron chi connectivity index (χ0n) is 11.9. The minimum atomic E-state index is -0.793. The van der Waals surface area contributed by atoms with Crippen LogP contribution in [0, 0.1) is 12.7 Å². The number of halogens is 2. The summed E-state index contributed by atoms with van der Waals surface area (Å²) in [7, 11) is 1.56. The number of aryl methyl sites for hydroxylation is 1. The van der Waals surface area contributed by atoms with Gasteiger partial charge in [0.05, 0.1) is 18.9 Å². The number of rotatable bonds is 5. The van der Waals surface area contributed by atoms with Gasteiger partial charge in [-0.05, 0) is 37.3 Å². The second kappa shape index (κ2) is 6.91. The molecule has 2 aromatic rings. The van der Waals surface area contributed by atoms with Crippen molar-refractivity contribution in [1.82, 2.24) is 0 Å². The maximum atomic E-state index is 13.6. The van der Waals surface area contributed by atoms with Crippen molar-refractivity contribution < 1.29 is 14.2 Å². The quantitative estimate of drug-likeness (QED) is 0.851. The lowest BCUT2D eigenvalue weighted by Crippen LogP contribution is -2.14. The summed E-state index contributed by atoms with van der Waals surface area (Å²) in [5, 5.41) is 13.2. The van der Waals surface area contributed by atoms with Crippen molar-refractivity contribution >= 4 is 21.6 Å². The summed E-state index contributed by atoms with van der Waals surface area (Å²) in [5.74, 6) is 0.256. The summed E-state index contributed by atoms with van der Waals surface area (Å²) in [6.07, 6.45) is -0.793. The second-order valence-electron chi connectivity index (χ2n) is 4.77. The van der Waals surface area contributed by atoms with E-state index in [2.05, 4.69) is 21.2 Å². The van der Waals surface area contributed by atoms with Crippen molar-refractivity contribution in [1.29, 1.82) is 0 Å². The molecule has 0 bridgehead atoms. The Bertz CT molecular complexity index is 634. The first kappa shape index (κ1) is 15.8. The number of nitrogens with one attached hydrogen (secondary N) is 1. The maximum Gasteiger partial charge on any atom is 0.146 e. The fourth-order valence-electron chi connectivity index (χ4n) is 2.06. The molecule has 2 N–H and O–H groups in total. The molecule has 2 rings (SSSR count). The van der Waals surface area contributed by atoms with Crippen LogP contribution in [0.4, 0.5) is 10.1 Å². The number of aliphatic hydroxyl groups excluding tert-OH is 1. The van der Waals surface area contributed by atoms with Crippen molar-refractivity contribution in [3.05, 3.63) is 57.8 Å². The number of aliphatic hydroxyl groups is 1. The Hall–Kier alpha value is -1.59. The van der Waals surface area contributed by atoms with Crippen LogP contribution >= 0.6 is 15.9 Å². The van der Waals surface area contributed by atoms with Gasteiger partial charge >= 0.3 is 0 Å². The molecule has 1 unspecified atom stereocenters. The molecule has 5 heteroatoms. The molecule has 0 heterocycles. The third-order valence-corrected chi connectivity index (χ3v) is 3.65. The van der Waals surface area contributed by atoms with Gasteiger partial charge in [0.15, 0.2) is 0 Å². The van der Waals surface area contributed by atoms with Gasteiger partial charge in [-0.1, -0.05) is 27.6 Å². The first-order valence-corrected chi connectivity index (χ1v) is 7.32. The zero-order chi connectivity index (χ0) is 15.4. The summed E-state index contributed by atoms with van der Waals surface area (Å²) in [5.41, 5.74) is 2.05. The van der Waals surface area contributed by atoms with Gasteiger partial charge in [-0.2, -0.15) is 0 Å². The number of hydrogen-bond acceptors (Lipinski definition) is 3. The summed E-state index contributed by atoms with van der Waals surface area (Å²) < 4.78 is 19.7. The Labute approximate surface area is 131 Å². The highest BCUT2D eigenvalue weighted by Crippen LogP contribution is 2.27. The topological polar surface area (TPSA) is 41.5 Å². The third-order valence-electron chi connectivity index (χ3n) is 3.16. The molecule has 0 radical (unpaired) electrons. The Morgan fingerprint density at radius 3 is 2.76 bits per heavy atom. The van der Waals surface area contributed by atoms with Crippen LogP contribution < -0.4 is 10.1 Å². The lowest BCUT2D eigenvalue weighted by Gasteiger charge is -2.17. The zero-order valence-corrected chi connectivity index (χ0v) is 13.4. The van der Waals surface area contributed by atoms with Crippen LogP contribution in [0.5, 0.6) is 5.75 Å². The molecule has 0 fully saturated rings. The molecular weight excluding hydrogens is 337 g/mol. The first-order chi connectivity index (χ1) is 10.0. The number of anilines is 1. The van der Waals surface area contributed by atoms with Crippen molar-refractivity contribution in [2.24, 2.45) is 0 Å². The molecule has 0 aliphatic heterocycles. The molecule has 0 aliphatic carbocycles. The Morgan fingerprint density at radius 2 is 2.05 bits per heavy atom. The van der Waals surface area contributed by atoms with Crippen LogP contribution in [0.2, 0.25) is 0 Å². The van der Waals surface area contributed by atoms with Gasteiger partial charge in [0.1, 0.15) is 11.6 Å².